The summed E-state index contributed by atoms with van der Waals surface area (Å²) in [4.78, 5) is 21.9. The maximum atomic E-state index is 11.2. The second-order valence-corrected chi connectivity index (χ2v) is 2.78. The lowest BCUT2D eigenvalue weighted by Crippen LogP contribution is -2.41. The molecule has 0 aliphatic carbocycles. The Kier molecular flexibility index (Phi) is 3.36. The van der Waals surface area contributed by atoms with E-state index in [9.17, 15) is 9.59 Å². The molecular weight excluding hydrogens is 198 g/mol. The van der Waals surface area contributed by atoms with Gasteiger partial charge in [-0.1, -0.05) is 0 Å². The zero-order chi connectivity index (χ0) is 9.84. The molecule has 0 aromatic carbocycles. The van der Waals surface area contributed by atoms with E-state index in [0.717, 1.165) is 0 Å². The zero-order valence-corrected chi connectivity index (χ0v) is 7.84. The van der Waals surface area contributed by atoms with Gasteiger partial charge in [-0.15, -0.1) is 11.6 Å². The fourth-order valence-corrected chi connectivity index (χ4v) is 1.26. The molecule has 1 aliphatic rings. The Labute approximate surface area is 80.3 Å². The molecular formula is C7H10ClNO4. The van der Waals surface area contributed by atoms with Gasteiger partial charge in [-0.3, -0.25) is 0 Å². The number of hydrogen-bond acceptors (Lipinski definition) is 4. The van der Waals surface area contributed by atoms with Crippen molar-refractivity contribution < 1.29 is 19.1 Å². The molecule has 2 atom stereocenters. The summed E-state index contributed by atoms with van der Waals surface area (Å²) in [6.07, 6.45) is -1.27. The minimum absolute atomic E-state index is 0.0716. The van der Waals surface area contributed by atoms with Crippen LogP contribution in [0.5, 0.6) is 0 Å². The number of alkyl carbamates (subject to hydrolysis) is 1. The minimum Gasteiger partial charge on any atom is -0.464 e. The van der Waals surface area contributed by atoms with Crippen LogP contribution in [0.25, 0.3) is 0 Å². The second-order valence-electron chi connectivity index (χ2n) is 2.47. The summed E-state index contributed by atoms with van der Waals surface area (Å²) in [7, 11) is 0. The first-order chi connectivity index (χ1) is 6.19. The monoisotopic (exact) mass is 207 g/mol. The first kappa shape index (κ1) is 10.1. The maximum absolute atomic E-state index is 11.2. The summed E-state index contributed by atoms with van der Waals surface area (Å²) < 4.78 is 9.42. The number of hydrogen-bond donors (Lipinski definition) is 1. The average Bonchev–Trinajstić information content (AvgIpc) is 2.47. The standard InChI is InChI=1S/C7H10ClNO4/c1-2-12-6(10)5-4(3-8)13-7(11)9-5/h4-5H,2-3H2,1H3,(H,9,11)/t4-,5+/m1/s1. The van der Waals surface area contributed by atoms with Crippen LogP contribution in [-0.2, 0) is 14.3 Å². The highest BCUT2D eigenvalue weighted by molar-refractivity contribution is 6.18. The Bertz CT molecular complexity index is 221. The lowest BCUT2D eigenvalue weighted by atomic mass is 10.2. The Morgan fingerprint density at radius 1 is 1.77 bits per heavy atom. The highest BCUT2D eigenvalue weighted by atomic mass is 35.5. The number of rotatable bonds is 3. The lowest BCUT2D eigenvalue weighted by Gasteiger charge is -2.12. The molecule has 1 heterocycles. The Morgan fingerprint density at radius 2 is 2.46 bits per heavy atom. The fraction of sp³-hybridized carbons (Fsp3) is 0.714. The molecule has 1 aliphatic heterocycles. The summed E-state index contributed by atoms with van der Waals surface area (Å²) in [5.41, 5.74) is 0. The molecule has 1 amide bonds. The van der Waals surface area contributed by atoms with Crippen LogP contribution in [0.3, 0.4) is 0 Å². The predicted octanol–water partition coefficient (Wildman–Crippen LogP) is 0.265. The number of carbonyl (C=O) groups excluding carboxylic acids is 2. The van der Waals surface area contributed by atoms with Crippen LogP contribution in [0.4, 0.5) is 4.79 Å². The molecule has 74 valence electrons. The summed E-state index contributed by atoms with van der Waals surface area (Å²) >= 11 is 5.49. The van der Waals surface area contributed by atoms with Crippen LogP contribution in [0.15, 0.2) is 0 Å². The first-order valence-corrected chi connectivity index (χ1v) is 4.42. The van der Waals surface area contributed by atoms with Crippen LogP contribution in [0.1, 0.15) is 6.92 Å². The molecule has 5 nitrogen and oxygen atoms in total. The molecule has 0 bridgehead atoms. The summed E-state index contributed by atoms with van der Waals surface area (Å²) in [5, 5.41) is 2.32. The van der Waals surface area contributed by atoms with Crippen molar-refractivity contribution in [2.75, 3.05) is 12.5 Å². The predicted molar refractivity (Wildman–Crippen MR) is 44.5 cm³/mol. The Hall–Kier alpha value is -0.970. The largest absolute Gasteiger partial charge is 0.464 e. The molecule has 0 aromatic rings. The van der Waals surface area contributed by atoms with Crippen molar-refractivity contribution in [2.45, 2.75) is 19.1 Å². The van der Waals surface area contributed by atoms with Crippen molar-refractivity contribution in [3.05, 3.63) is 0 Å². The molecule has 6 heteroatoms. The number of cyclic esters (lactones) is 1. The van der Waals surface area contributed by atoms with Gasteiger partial charge >= 0.3 is 12.1 Å². The number of amides is 1. The van der Waals surface area contributed by atoms with Crippen molar-refractivity contribution >= 4 is 23.7 Å². The van der Waals surface area contributed by atoms with E-state index >= 15 is 0 Å². The molecule has 0 aromatic heterocycles. The topological polar surface area (TPSA) is 64.6 Å². The van der Waals surface area contributed by atoms with Crippen molar-refractivity contribution in [1.82, 2.24) is 5.32 Å². The van der Waals surface area contributed by atoms with Crippen LogP contribution in [0.2, 0.25) is 0 Å². The molecule has 1 fully saturated rings. The van der Waals surface area contributed by atoms with E-state index in [1.54, 1.807) is 6.92 Å². The van der Waals surface area contributed by atoms with E-state index in [4.69, 9.17) is 21.1 Å². The quantitative estimate of drug-likeness (QED) is 0.533. The lowest BCUT2D eigenvalue weighted by molar-refractivity contribution is -0.146. The Morgan fingerprint density at radius 3 is 3.00 bits per heavy atom. The van der Waals surface area contributed by atoms with Gasteiger partial charge < -0.3 is 14.8 Å². The van der Waals surface area contributed by atoms with Crippen molar-refractivity contribution in [3.63, 3.8) is 0 Å². The SMILES string of the molecule is CCOC(=O)[C@H]1NC(=O)O[C@@H]1CCl. The molecule has 13 heavy (non-hydrogen) atoms. The average molecular weight is 208 g/mol. The summed E-state index contributed by atoms with van der Waals surface area (Å²) in [5.74, 6) is -0.443. The Balaban J connectivity index is 2.57. The van der Waals surface area contributed by atoms with Crippen LogP contribution < -0.4 is 5.32 Å². The molecule has 1 N–H and O–H groups in total. The van der Waals surface area contributed by atoms with Gasteiger partial charge in [0.15, 0.2) is 6.04 Å². The second kappa shape index (κ2) is 4.32. The van der Waals surface area contributed by atoms with Gasteiger partial charge in [0.2, 0.25) is 0 Å². The van der Waals surface area contributed by atoms with Gasteiger partial charge in [0, 0.05) is 0 Å². The van der Waals surface area contributed by atoms with Crippen molar-refractivity contribution in [1.29, 1.82) is 0 Å². The summed E-state index contributed by atoms with van der Waals surface area (Å²) in [6.45, 7) is 1.95. The molecule has 1 saturated heterocycles. The van der Waals surface area contributed by atoms with Crippen LogP contribution in [0, 0.1) is 0 Å². The molecule has 0 unspecified atom stereocenters. The van der Waals surface area contributed by atoms with Gasteiger partial charge in [0.1, 0.15) is 6.10 Å². The van der Waals surface area contributed by atoms with Crippen molar-refractivity contribution in [2.24, 2.45) is 0 Å². The fourth-order valence-electron chi connectivity index (χ4n) is 1.02. The molecule has 0 spiro atoms. The van der Waals surface area contributed by atoms with Crippen LogP contribution >= 0.6 is 11.6 Å². The number of carbonyl (C=O) groups is 2. The van der Waals surface area contributed by atoms with Gasteiger partial charge in [0.25, 0.3) is 0 Å². The normalized spacial score (nSPS) is 26.5. The van der Waals surface area contributed by atoms with Gasteiger partial charge in [-0.2, -0.15) is 0 Å². The highest BCUT2D eigenvalue weighted by Gasteiger charge is 2.39. The first-order valence-electron chi connectivity index (χ1n) is 3.88. The third-order valence-corrected chi connectivity index (χ3v) is 1.90. The number of alkyl halides is 1. The van der Waals surface area contributed by atoms with E-state index < -0.39 is 24.2 Å². The van der Waals surface area contributed by atoms with E-state index in [1.807, 2.05) is 0 Å². The van der Waals surface area contributed by atoms with E-state index in [-0.39, 0.29) is 12.5 Å². The van der Waals surface area contributed by atoms with Crippen molar-refractivity contribution in [3.8, 4) is 0 Å². The third kappa shape index (κ3) is 2.24. The number of halogens is 1. The third-order valence-electron chi connectivity index (χ3n) is 1.60. The van der Waals surface area contributed by atoms with Gasteiger partial charge in [0.05, 0.1) is 12.5 Å². The van der Waals surface area contributed by atoms with E-state index in [2.05, 4.69) is 5.32 Å². The molecule has 0 saturated carbocycles. The van der Waals surface area contributed by atoms with E-state index in [1.165, 1.54) is 0 Å². The smallest absolute Gasteiger partial charge is 0.408 e. The van der Waals surface area contributed by atoms with Crippen LogP contribution in [-0.4, -0.2) is 36.7 Å². The van der Waals surface area contributed by atoms with Gasteiger partial charge in [-0.25, -0.2) is 9.59 Å². The number of ether oxygens (including phenoxy) is 2. The summed E-state index contributed by atoms with van der Waals surface area (Å²) in [6, 6.07) is -0.773. The maximum Gasteiger partial charge on any atom is 0.408 e. The number of nitrogens with one attached hydrogen (secondary N) is 1. The van der Waals surface area contributed by atoms with E-state index in [0.29, 0.717) is 0 Å². The minimum atomic E-state index is -0.773. The zero-order valence-electron chi connectivity index (χ0n) is 7.08. The highest BCUT2D eigenvalue weighted by Crippen LogP contribution is 2.11. The molecule has 0 radical (unpaired) electrons. The number of esters is 1. The molecule has 1 rings (SSSR count). The van der Waals surface area contributed by atoms with Gasteiger partial charge in [-0.05, 0) is 6.92 Å².